The molecule has 3 rings (SSSR count). The maximum atomic E-state index is 6.50. The molecule has 0 heterocycles. The second-order valence-electron chi connectivity index (χ2n) is 12.2. The number of fused-ring (bicyclic) bond motifs is 1. The van der Waals surface area contributed by atoms with Crippen LogP contribution in [0.1, 0.15) is 117 Å². The zero-order valence-electron chi connectivity index (χ0n) is 25.3. The number of rotatable bonds is 12. The quantitative estimate of drug-likeness (QED) is 0.298. The molecule has 0 saturated heterocycles. The number of ether oxygens (including phenoxy) is 1. The molecule has 0 aliphatic heterocycles. The van der Waals surface area contributed by atoms with E-state index in [0.29, 0.717) is 18.0 Å². The fourth-order valence-corrected chi connectivity index (χ4v) is 7.10. The highest BCUT2D eigenvalue weighted by molar-refractivity contribution is 5.41. The third-order valence-electron chi connectivity index (χ3n) is 9.13. The van der Waals surface area contributed by atoms with Crippen LogP contribution in [0.4, 0.5) is 0 Å². The standard InChI is InChI=1S/C36H55NO/c1-8-13-30-16-11-18-32-21-20-29(7)36(32,23-22-28(6)34(30)14-9-2)24-25-38-33-19-12-17-31(26-33)35(15-10-3)37-27(4)5/h8,12-13,17,19,22-23,26-27,29,32,35,37H,1,9-11,14-16,18,20-21,24-25H2,2-7H3/b23-22-,30-13-,34-28+. The second-order valence-corrected chi connectivity index (χ2v) is 12.2. The first-order chi connectivity index (χ1) is 18.3. The lowest BCUT2D eigenvalue weighted by Gasteiger charge is -2.38. The number of allylic oxidation sites excluding steroid dienone is 7. The number of hydrogen-bond acceptors (Lipinski definition) is 2. The van der Waals surface area contributed by atoms with Crippen molar-refractivity contribution in [3.8, 4) is 5.75 Å². The van der Waals surface area contributed by atoms with Crippen molar-refractivity contribution >= 4 is 0 Å². The van der Waals surface area contributed by atoms with Gasteiger partial charge in [0.15, 0.2) is 0 Å². The minimum atomic E-state index is 0.222. The van der Waals surface area contributed by atoms with Crippen molar-refractivity contribution in [2.45, 2.75) is 118 Å². The monoisotopic (exact) mass is 517 g/mol. The molecule has 2 aliphatic rings. The van der Waals surface area contributed by atoms with Crippen molar-refractivity contribution in [1.82, 2.24) is 5.32 Å². The van der Waals surface area contributed by atoms with Crippen molar-refractivity contribution < 1.29 is 4.74 Å². The van der Waals surface area contributed by atoms with Gasteiger partial charge in [-0.3, -0.25) is 0 Å². The number of hydrogen-bond donors (Lipinski definition) is 1. The maximum Gasteiger partial charge on any atom is 0.119 e. The predicted molar refractivity (Wildman–Crippen MR) is 166 cm³/mol. The molecule has 1 saturated carbocycles. The van der Waals surface area contributed by atoms with Crippen LogP contribution >= 0.6 is 0 Å². The summed E-state index contributed by atoms with van der Waals surface area (Å²) in [7, 11) is 0. The predicted octanol–water partition coefficient (Wildman–Crippen LogP) is 10.3. The molecule has 2 heteroatoms. The largest absolute Gasteiger partial charge is 0.494 e. The third-order valence-corrected chi connectivity index (χ3v) is 9.13. The van der Waals surface area contributed by atoms with E-state index in [1.807, 2.05) is 6.08 Å². The van der Waals surface area contributed by atoms with Crippen LogP contribution in [0.3, 0.4) is 0 Å². The first-order valence-corrected chi connectivity index (χ1v) is 15.5. The maximum absolute atomic E-state index is 6.50. The van der Waals surface area contributed by atoms with Crippen LogP contribution in [0.5, 0.6) is 5.75 Å². The van der Waals surface area contributed by atoms with E-state index >= 15 is 0 Å². The Hall–Kier alpha value is -2.06. The van der Waals surface area contributed by atoms with Gasteiger partial charge in [0.2, 0.25) is 0 Å². The normalized spacial score (nSPS) is 28.8. The molecule has 1 fully saturated rings. The fraction of sp³-hybridized carbons (Fsp3) is 0.611. The summed E-state index contributed by atoms with van der Waals surface area (Å²) in [5.74, 6) is 2.43. The lowest BCUT2D eigenvalue weighted by molar-refractivity contribution is 0.145. The summed E-state index contributed by atoms with van der Waals surface area (Å²) in [6.07, 6.45) is 21.4. The topological polar surface area (TPSA) is 21.3 Å². The fourth-order valence-electron chi connectivity index (χ4n) is 7.10. The van der Waals surface area contributed by atoms with Crippen LogP contribution in [0.15, 0.2) is 71.9 Å². The lowest BCUT2D eigenvalue weighted by Crippen LogP contribution is -2.31. The molecule has 0 radical (unpaired) electrons. The minimum absolute atomic E-state index is 0.222. The van der Waals surface area contributed by atoms with E-state index in [4.69, 9.17) is 4.74 Å². The highest BCUT2D eigenvalue weighted by Gasteiger charge is 2.45. The molecule has 0 spiro atoms. The Bertz CT molecular complexity index is 983. The summed E-state index contributed by atoms with van der Waals surface area (Å²) in [5.41, 5.74) is 6.04. The number of benzene rings is 1. The molecular weight excluding hydrogens is 462 g/mol. The van der Waals surface area contributed by atoms with Gasteiger partial charge in [-0.25, -0.2) is 0 Å². The van der Waals surface area contributed by atoms with E-state index in [2.05, 4.69) is 95.9 Å². The average Bonchev–Trinajstić information content (AvgIpc) is 3.20. The van der Waals surface area contributed by atoms with E-state index in [1.54, 1.807) is 0 Å². The molecule has 2 nitrogen and oxygen atoms in total. The minimum Gasteiger partial charge on any atom is -0.494 e. The zero-order chi connectivity index (χ0) is 27.5. The Labute approximate surface area is 234 Å². The molecule has 1 N–H and O–H groups in total. The van der Waals surface area contributed by atoms with Gasteiger partial charge >= 0.3 is 0 Å². The van der Waals surface area contributed by atoms with Crippen molar-refractivity contribution in [2.24, 2.45) is 17.3 Å². The summed E-state index contributed by atoms with van der Waals surface area (Å²) in [4.78, 5) is 0. The Kier molecular flexibility index (Phi) is 12.0. The molecule has 4 unspecified atom stereocenters. The van der Waals surface area contributed by atoms with Crippen molar-refractivity contribution in [3.05, 3.63) is 77.4 Å². The third kappa shape index (κ3) is 7.75. The number of nitrogens with one attached hydrogen (secondary N) is 1. The SMILES string of the molecule is C=C/C=C1CCCC2CCC(C)C2(CCOc2cccc(C(CCC)NC(C)C)c2)\C=C/C(C)=C/1CCC. The highest BCUT2D eigenvalue weighted by atomic mass is 16.5. The van der Waals surface area contributed by atoms with Gasteiger partial charge in [0.25, 0.3) is 0 Å². The second kappa shape index (κ2) is 14.9. The van der Waals surface area contributed by atoms with Gasteiger partial charge in [-0.15, -0.1) is 0 Å². The van der Waals surface area contributed by atoms with E-state index in [-0.39, 0.29) is 5.41 Å². The van der Waals surface area contributed by atoms with Crippen LogP contribution in [0, 0.1) is 17.3 Å². The van der Waals surface area contributed by atoms with Gasteiger partial charge in [0, 0.05) is 12.1 Å². The molecule has 0 bridgehead atoms. The van der Waals surface area contributed by atoms with Crippen LogP contribution in [-0.2, 0) is 0 Å². The molecule has 1 aromatic rings. The van der Waals surface area contributed by atoms with Gasteiger partial charge < -0.3 is 10.1 Å². The van der Waals surface area contributed by atoms with Crippen LogP contribution in [0.2, 0.25) is 0 Å². The molecule has 210 valence electrons. The van der Waals surface area contributed by atoms with E-state index in [1.165, 1.54) is 67.2 Å². The summed E-state index contributed by atoms with van der Waals surface area (Å²) in [6, 6.07) is 9.66. The Morgan fingerprint density at radius 2 is 1.97 bits per heavy atom. The molecule has 0 amide bonds. The average molecular weight is 518 g/mol. The summed E-state index contributed by atoms with van der Waals surface area (Å²) >= 11 is 0. The van der Waals surface area contributed by atoms with E-state index in [9.17, 15) is 0 Å². The Morgan fingerprint density at radius 1 is 1.16 bits per heavy atom. The first kappa shape index (κ1) is 30.5. The van der Waals surface area contributed by atoms with Gasteiger partial charge in [0.1, 0.15) is 5.75 Å². The molecule has 0 aromatic heterocycles. The van der Waals surface area contributed by atoms with Crippen molar-refractivity contribution in [2.75, 3.05) is 6.61 Å². The molecular formula is C36H55NO. The zero-order valence-corrected chi connectivity index (χ0v) is 25.3. The smallest absolute Gasteiger partial charge is 0.119 e. The molecule has 2 aliphatic carbocycles. The van der Waals surface area contributed by atoms with Gasteiger partial charge in [-0.1, -0.05) is 90.5 Å². The first-order valence-electron chi connectivity index (χ1n) is 15.5. The van der Waals surface area contributed by atoms with Crippen molar-refractivity contribution in [1.29, 1.82) is 0 Å². The van der Waals surface area contributed by atoms with Crippen LogP contribution in [-0.4, -0.2) is 12.6 Å². The lowest BCUT2D eigenvalue weighted by atomic mass is 9.67. The Balaban J connectivity index is 1.82. The Morgan fingerprint density at radius 3 is 2.68 bits per heavy atom. The van der Waals surface area contributed by atoms with E-state index in [0.717, 1.165) is 37.5 Å². The van der Waals surface area contributed by atoms with Gasteiger partial charge in [0.05, 0.1) is 6.61 Å². The summed E-state index contributed by atoms with van der Waals surface area (Å²) in [5, 5.41) is 3.74. The molecule has 4 atom stereocenters. The van der Waals surface area contributed by atoms with Gasteiger partial charge in [-0.05, 0) is 110 Å². The summed E-state index contributed by atoms with van der Waals surface area (Å²) in [6.45, 7) is 18.6. The van der Waals surface area contributed by atoms with Gasteiger partial charge in [-0.2, -0.15) is 0 Å². The van der Waals surface area contributed by atoms with Crippen LogP contribution in [0.25, 0.3) is 0 Å². The summed E-state index contributed by atoms with van der Waals surface area (Å²) < 4.78 is 6.50. The molecule has 38 heavy (non-hydrogen) atoms. The molecule has 1 aromatic carbocycles. The van der Waals surface area contributed by atoms with Crippen molar-refractivity contribution in [3.63, 3.8) is 0 Å². The highest BCUT2D eigenvalue weighted by Crippen LogP contribution is 2.54. The van der Waals surface area contributed by atoms with E-state index < -0.39 is 0 Å². The van der Waals surface area contributed by atoms with Crippen LogP contribution < -0.4 is 10.1 Å².